The van der Waals surface area contributed by atoms with E-state index in [4.69, 9.17) is 4.74 Å². The van der Waals surface area contributed by atoms with E-state index >= 15 is 0 Å². The summed E-state index contributed by atoms with van der Waals surface area (Å²) in [6.45, 7) is 0. The normalized spacial score (nSPS) is 31.1. The molecule has 4 saturated carbocycles. The van der Waals surface area contributed by atoms with Crippen LogP contribution in [0.4, 0.5) is 0 Å². The predicted molar refractivity (Wildman–Crippen MR) is 124 cm³/mol. The monoisotopic (exact) mass is 414 g/mol. The Hall–Kier alpha value is -2.55. The van der Waals surface area contributed by atoms with Gasteiger partial charge in [-0.1, -0.05) is 36.4 Å². The maximum absolute atomic E-state index is 12.5. The molecule has 0 aliphatic heterocycles. The fourth-order valence-corrected chi connectivity index (χ4v) is 7.83. The summed E-state index contributed by atoms with van der Waals surface area (Å²) < 4.78 is 6.16. The smallest absolute Gasteiger partial charge is 0.336 e. The first-order valence-corrected chi connectivity index (χ1v) is 11.8. The molecule has 3 nitrogen and oxygen atoms in total. The fourth-order valence-electron chi connectivity index (χ4n) is 7.83. The molecule has 0 heterocycles. The van der Waals surface area contributed by atoms with E-state index in [2.05, 4.69) is 24.3 Å². The number of fused-ring (bicyclic) bond motifs is 1. The van der Waals surface area contributed by atoms with E-state index in [1.807, 2.05) is 18.2 Å². The topological polar surface area (TPSA) is 46.5 Å². The van der Waals surface area contributed by atoms with Crippen molar-refractivity contribution in [2.24, 2.45) is 17.8 Å². The Morgan fingerprint density at radius 3 is 2.39 bits per heavy atom. The van der Waals surface area contributed by atoms with Crippen LogP contribution < -0.4 is 4.74 Å². The zero-order valence-corrected chi connectivity index (χ0v) is 18.2. The van der Waals surface area contributed by atoms with Gasteiger partial charge in [0.2, 0.25) is 0 Å². The summed E-state index contributed by atoms with van der Waals surface area (Å²) in [6, 6.07) is 8.19. The van der Waals surface area contributed by atoms with Crippen molar-refractivity contribution in [1.29, 1.82) is 0 Å². The van der Waals surface area contributed by atoms with Crippen LogP contribution in [0.1, 0.15) is 72.9 Å². The average molecular weight is 415 g/mol. The number of carboxylic acid groups (broad SMARTS) is 1. The molecule has 0 unspecified atom stereocenters. The molecule has 0 amide bonds. The molecule has 5 aliphatic rings. The van der Waals surface area contributed by atoms with E-state index in [0.29, 0.717) is 5.56 Å². The van der Waals surface area contributed by atoms with Crippen molar-refractivity contribution >= 4 is 22.3 Å². The lowest BCUT2D eigenvalue weighted by atomic mass is 9.47. The molecule has 2 aromatic carbocycles. The average Bonchev–Trinajstić information content (AvgIpc) is 2.77. The number of hydrogen-bond donors (Lipinski definition) is 1. The number of hydrogen-bond acceptors (Lipinski definition) is 2. The number of rotatable bonds is 4. The maximum Gasteiger partial charge on any atom is 0.336 e. The summed E-state index contributed by atoms with van der Waals surface area (Å²) in [5.41, 5.74) is 3.91. The lowest BCUT2D eigenvalue weighted by molar-refractivity contribution is -0.00671. The maximum atomic E-state index is 12.5. The van der Waals surface area contributed by atoms with Crippen LogP contribution in [0.15, 0.2) is 42.5 Å². The van der Waals surface area contributed by atoms with Crippen LogP contribution >= 0.6 is 0 Å². The van der Waals surface area contributed by atoms with Crippen LogP contribution in [0, 0.1) is 17.8 Å². The minimum Gasteiger partial charge on any atom is -0.496 e. The summed E-state index contributed by atoms with van der Waals surface area (Å²) in [5, 5.41) is 12.4. The number of aromatic carboxylic acids is 1. The highest BCUT2D eigenvalue weighted by Gasteiger charge is 2.53. The standard InChI is InChI=1S/C28H30O3/c1-31-26-24-21(8-5-9-22(24)20-6-3-2-4-7-20)13-23(27(29)30)25(26)28-14-17-10-18(15-28)12-19(11-17)16-28/h2-3,5-6,8-9,13,17-19H,4,7,10-12,14-16H2,1H3,(H,29,30). The van der Waals surface area contributed by atoms with Crippen molar-refractivity contribution in [3.8, 4) is 5.75 Å². The Kier molecular flexibility index (Phi) is 4.31. The second kappa shape index (κ2) is 6.98. The number of carbonyl (C=O) groups is 1. The van der Waals surface area contributed by atoms with E-state index in [0.717, 1.165) is 71.9 Å². The number of methoxy groups -OCH3 is 1. The van der Waals surface area contributed by atoms with Gasteiger partial charge >= 0.3 is 5.97 Å². The second-order valence-corrected chi connectivity index (χ2v) is 10.4. The molecular weight excluding hydrogens is 384 g/mol. The molecular formula is C28H30O3. The van der Waals surface area contributed by atoms with Gasteiger partial charge in [-0.2, -0.15) is 0 Å². The molecule has 3 heteroatoms. The Morgan fingerprint density at radius 2 is 1.81 bits per heavy atom. The van der Waals surface area contributed by atoms with E-state index in [1.54, 1.807) is 7.11 Å². The van der Waals surface area contributed by atoms with Gasteiger partial charge < -0.3 is 9.84 Å². The zero-order chi connectivity index (χ0) is 21.2. The first kappa shape index (κ1) is 19.2. The second-order valence-electron chi connectivity index (χ2n) is 10.4. The lowest BCUT2D eigenvalue weighted by Gasteiger charge is -2.57. The Morgan fingerprint density at radius 1 is 1.10 bits per heavy atom. The van der Waals surface area contributed by atoms with Gasteiger partial charge in [-0.3, -0.25) is 0 Å². The number of allylic oxidation sites excluding steroid dienone is 4. The quantitative estimate of drug-likeness (QED) is 0.602. The molecule has 0 spiro atoms. The highest BCUT2D eigenvalue weighted by Crippen LogP contribution is 2.63. The molecule has 5 aliphatic carbocycles. The van der Waals surface area contributed by atoms with Crippen molar-refractivity contribution < 1.29 is 14.6 Å². The van der Waals surface area contributed by atoms with Crippen LogP contribution in [-0.2, 0) is 5.41 Å². The summed E-state index contributed by atoms with van der Waals surface area (Å²) in [5.74, 6) is 2.23. The Labute approximate surface area is 183 Å². The van der Waals surface area contributed by atoms with Gasteiger partial charge in [0.15, 0.2) is 0 Å². The highest BCUT2D eigenvalue weighted by atomic mass is 16.5. The fraction of sp³-hybridized carbons (Fsp3) is 0.464. The number of carboxylic acids is 1. The van der Waals surface area contributed by atoms with E-state index < -0.39 is 5.97 Å². The minimum absolute atomic E-state index is 0.0457. The third-order valence-corrected chi connectivity index (χ3v) is 8.48. The van der Waals surface area contributed by atoms with Crippen LogP contribution in [0.25, 0.3) is 16.3 Å². The van der Waals surface area contributed by atoms with Crippen LogP contribution in [0.2, 0.25) is 0 Å². The van der Waals surface area contributed by atoms with Gasteiger partial charge in [0.1, 0.15) is 5.75 Å². The number of benzene rings is 2. The first-order valence-electron chi connectivity index (χ1n) is 11.8. The van der Waals surface area contributed by atoms with Gasteiger partial charge in [0.05, 0.1) is 12.7 Å². The molecule has 1 N–H and O–H groups in total. The summed E-state index contributed by atoms with van der Waals surface area (Å²) in [6.07, 6.45) is 16.0. The van der Waals surface area contributed by atoms with E-state index in [9.17, 15) is 9.90 Å². The van der Waals surface area contributed by atoms with Gasteiger partial charge in [0, 0.05) is 16.4 Å². The molecule has 4 fully saturated rings. The summed E-state index contributed by atoms with van der Waals surface area (Å²) in [4.78, 5) is 12.5. The molecule has 0 radical (unpaired) electrons. The SMILES string of the molecule is COc1c(C23CC4CC(CC(C4)C2)C3)c(C(=O)O)cc2cccc(C3=CC=CCC3)c12. The molecule has 7 rings (SSSR count). The highest BCUT2D eigenvalue weighted by molar-refractivity contribution is 6.05. The van der Waals surface area contributed by atoms with Crippen molar-refractivity contribution in [2.75, 3.05) is 7.11 Å². The molecule has 31 heavy (non-hydrogen) atoms. The van der Waals surface area contributed by atoms with E-state index in [-0.39, 0.29) is 5.41 Å². The molecule has 0 aromatic heterocycles. The Balaban J connectivity index is 1.65. The van der Waals surface area contributed by atoms with Crippen LogP contribution in [0.3, 0.4) is 0 Å². The van der Waals surface area contributed by atoms with Gasteiger partial charge in [-0.25, -0.2) is 4.79 Å². The minimum atomic E-state index is -0.823. The summed E-state index contributed by atoms with van der Waals surface area (Å²) in [7, 11) is 1.73. The third kappa shape index (κ3) is 2.89. The van der Waals surface area contributed by atoms with Crippen molar-refractivity contribution in [2.45, 2.75) is 56.8 Å². The van der Waals surface area contributed by atoms with Crippen molar-refractivity contribution in [3.63, 3.8) is 0 Å². The zero-order valence-electron chi connectivity index (χ0n) is 18.2. The first-order chi connectivity index (χ1) is 15.1. The van der Waals surface area contributed by atoms with Gasteiger partial charge in [0.25, 0.3) is 0 Å². The van der Waals surface area contributed by atoms with Crippen LogP contribution in [0.5, 0.6) is 5.75 Å². The molecule has 4 bridgehead atoms. The lowest BCUT2D eigenvalue weighted by Crippen LogP contribution is -2.49. The third-order valence-electron chi connectivity index (χ3n) is 8.48. The van der Waals surface area contributed by atoms with Gasteiger partial charge in [-0.05, 0) is 91.7 Å². The molecule has 2 aromatic rings. The molecule has 160 valence electrons. The molecule has 0 atom stereocenters. The van der Waals surface area contributed by atoms with Crippen molar-refractivity contribution in [3.05, 3.63) is 59.2 Å². The summed E-state index contributed by atoms with van der Waals surface area (Å²) >= 11 is 0. The Bertz CT molecular complexity index is 1100. The van der Waals surface area contributed by atoms with Crippen molar-refractivity contribution in [1.82, 2.24) is 0 Å². The number of ether oxygens (including phenoxy) is 1. The van der Waals surface area contributed by atoms with Crippen LogP contribution in [-0.4, -0.2) is 18.2 Å². The van der Waals surface area contributed by atoms with E-state index in [1.165, 1.54) is 30.4 Å². The molecule has 0 saturated heterocycles. The predicted octanol–water partition coefficient (Wildman–Crippen LogP) is 6.75. The largest absolute Gasteiger partial charge is 0.496 e. The van der Waals surface area contributed by atoms with Gasteiger partial charge in [-0.15, -0.1) is 0 Å².